The first-order valence-electron chi connectivity index (χ1n) is 6.06. The first kappa shape index (κ1) is 13.7. The van der Waals surface area contributed by atoms with Gasteiger partial charge in [-0.1, -0.05) is 35.0 Å². The van der Waals surface area contributed by atoms with Crippen LogP contribution in [0.4, 0.5) is 0 Å². The molecule has 0 aliphatic carbocycles. The molecule has 2 heteroatoms. The van der Waals surface area contributed by atoms with E-state index >= 15 is 0 Å². The van der Waals surface area contributed by atoms with E-state index in [4.69, 9.17) is 5.73 Å². The fourth-order valence-electron chi connectivity index (χ4n) is 1.99. The van der Waals surface area contributed by atoms with Crippen molar-refractivity contribution in [1.82, 2.24) is 0 Å². The van der Waals surface area contributed by atoms with Crippen LogP contribution in [-0.4, -0.2) is 6.04 Å². The smallest absolute Gasteiger partial charge is 0.0204 e. The summed E-state index contributed by atoms with van der Waals surface area (Å²) in [6, 6.07) is 6.98. The third kappa shape index (κ3) is 3.91. The lowest BCUT2D eigenvalue weighted by atomic mass is 9.90. The van der Waals surface area contributed by atoms with Crippen molar-refractivity contribution in [3.8, 4) is 0 Å². The van der Waals surface area contributed by atoms with Gasteiger partial charge < -0.3 is 5.73 Å². The van der Waals surface area contributed by atoms with E-state index in [1.807, 2.05) is 0 Å². The standard InChI is InChI=1S/C14H22BrN/c1-4-12(6-5-11(3)16)13-7-8-14(15)10(2)9-13/h7-9,11-12H,4-6,16H2,1-3H3. The molecule has 0 heterocycles. The van der Waals surface area contributed by atoms with E-state index in [0.29, 0.717) is 12.0 Å². The summed E-state index contributed by atoms with van der Waals surface area (Å²) in [4.78, 5) is 0. The lowest BCUT2D eigenvalue weighted by Crippen LogP contribution is -2.15. The summed E-state index contributed by atoms with van der Waals surface area (Å²) >= 11 is 3.54. The maximum atomic E-state index is 5.82. The van der Waals surface area contributed by atoms with Gasteiger partial charge in [-0.3, -0.25) is 0 Å². The molecule has 0 amide bonds. The SMILES string of the molecule is CCC(CCC(C)N)c1ccc(Br)c(C)c1. The van der Waals surface area contributed by atoms with E-state index in [0.717, 1.165) is 6.42 Å². The van der Waals surface area contributed by atoms with Crippen molar-refractivity contribution in [2.75, 3.05) is 0 Å². The van der Waals surface area contributed by atoms with Crippen LogP contribution in [0.1, 0.15) is 50.2 Å². The quantitative estimate of drug-likeness (QED) is 0.853. The van der Waals surface area contributed by atoms with Crippen LogP contribution in [0.3, 0.4) is 0 Å². The molecular weight excluding hydrogens is 262 g/mol. The van der Waals surface area contributed by atoms with Gasteiger partial charge in [-0.15, -0.1) is 0 Å². The summed E-state index contributed by atoms with van der Waals surface area (Å²) in [6.45, 7) is 6.48. The molecule has 2 unspecified atom stereocenters. The fraction of sp³-hybridized carbons (Fsp3) is 0.571. The molecule has 1 rings (SSSR count). The second kappa shape index (κ2) is 6.41. The van der Waals surface area contributed by atoms with Gasteiger partial charge in [0.05, 0.1) is 0 Å². The number of aryl methyl sites for hydroxylation is 1. The molecular formula is C14H22BrN. The molecule has 90 valence electrons. The van der Waals surface area contributed by atoms with Crippen molar-refractivity contribution in [2.24, 2.45) is 5.73 Å². The number of halogens is 1. The summed E-state index contributed by atoms with van der Waals surface area (Å²) < 4.78 is 1.19. The minimum atomic E-state index is 0.311. The van der Waals surface area contributed by atoms with Gasteiger partial charge in [0, 0.05) is 10.5 Å². The van der Waals surface area contributed by atoms with Gasteiger partial charge >= 0.3 is 0 Å². The Kier molecular flexibility index (Phi) is 5.50. The molecule has 16 heavy (non-hydrogen) atoms. The van der Waals surface area contributed by atoms with E-state index in [9.17, 15) is 0 Å². The highest BCUT2D eigenvalue weighted by molar-refractivity contribution is 9.10. The Labute approximate surface area is 108 Å². The minimum Gasteiger partial charge on any atom is -0.328 e. The molecule has 0 saturated heterocycles. The predicted molar refractivity (Wildman–Crippen MR) is 74.8 cm³/mol. The van der Waals surface area contributed by atoms with Crippen molar-refractivity contribution >= 4 is 15.9 Å². The summed E-state index contributed by atoms with van der Waals surface area (Å²) in [5, 5.41) is 0. The van der Waals surface area contributed by atoms with Gasteiger partial charge in [-0.2, -0.15) is 0 Å². The van der Waals surface area contributed by atoms with E-state index in [1.54, 1.807) is 0 Å². The van der Waals surface area contributed by atoms with Gasteiger partial charge in [0.1, 0.15) is 0 Å². The topological polar surface area (TPSA) is 26.0 Å². The Morgan fingerprint density at radius 3 is 2.50 bits per heavy atom. The molecule has 2 atom stereocenters. The van der Waals surface area contributed by atoms with Gasteiger partial charge in [0.25, 0.3) is 0 Å². The van der Waals surface area contributed by atoms with Gasteiger partial charge in [-0.25, -0.2) is 0 Å². The Bertz CT molecular complexity index is 334. The largest absolute Gasteiger partial charge is 0.328 e. The zero-order valence-corrected chi connectivity index (χ0v) is 12.0. The number of rotatable bonds is 5. The highest BCUT2D eigenvalue weighted by Crippen LogP contribution is 2.28. The van der Waals surface area contributed by atoms with Crippen LogP contribution >= 0.6 is 15.9 Å². The van der Waals surface area contributed by atoms with Crippen LogP contribution in [0, 0.1) is 6.92 Å². The van der Waals surface area contributed by atoms with Gasteiger partial charge in [-0.05, 0) is 56.2 Å². The highest BCUT2D eigenvalue weighted by atomic mass is 79.9. The Morgan fingerprint density at radius 2 is 2.00 bits per heavy atom. The van der Waals surface area contributed by atoms with Crippen molar-refractivity contribution < 1.29 is 0 Å². The third-order valence-corrected chi connectivity index (χ3v) is 4.01. The monoisotopic (exact) mass is 283 g/mol. The maximum absolute atomic E-state index is 5.82. The first-order valence-corrected chi connectivity index (χ1v) is 6.85. The van der Waals surface area contributed by atoms with Crippen LogP contribution in [0.15, 0.2) is 22.7 Å². The predicted octanol–water partition coefficient (Wildman–Crippen LogP) is 4.38. The second-order valence-electron chi connectivity index (χ2n) is 4.67. The van der Waals surface area contributed by atoms with Crippen LogP contribution < -0.4 is 5.73 Å². The van der Waals surface area contributed by atoms with E-state index in [1.165, 1.54) is 28.4 Å². The van der Waals surface area contributed by atoms with Crippen LogP contribution in [0.25, 0.3) is 0 Å². The Hall–Kier alpha value is -0.340. The Balaban J connectivity index is 2.74. The van der Waals surface area contributed by atoms with Crippen LogP contribution in [0.5, 0.6) is 0 Å². The number of benzene rings is 1. The summed E-state index contributed by atoms with van der Waals surface area (Å²) in [6.07, 6.45) is 3.48. The Morgan fingerprint density at radius 1 is 1.31 bits per heavy atom. The molecule has 0 radical (unpaired) electrons. The minimum absolute atomic E-state index is 0.311. The third-order valence-electron chi connectivity index (χ3n) is 3.12. The highest BCUT2D eigenvalue weighted by Gasteiger charge is 2.11. The summed E-state index contributed by atoms with van der Waals surface area (Å²) in [7, 11) is 0. The number of hydrogen-bond donors (Lipinski definition) is 1. The average molecular weight is 284 g/mol. The normalized spacial score (nSPS) is 14.8. The first-order chi connectivity index (χ1) is 7.54. The molecule has 2 N–H and O–H groups in total. The molecule has 1 nitrogen and oxygen atoms in total. The zero-order valence-electron chi connectivity index (χ0n) is 10.5. The van der Waals surface area contributed by atoms with Gasteiger partial charge in [0.15, 0.2) is 0 Å². The lowest BCUT2D eigenvalue weighted by Gasteiger charge is -2.17. The maximum Gasteiger partial charge on any atom is 0.0204 e. The molecule has 1 aromatic carbocycles. The summed E-state index contributed by atoms with van der Waals surface area (Å²) in [5.74, 6) is 0.651. The molecule has 0 fully saturated rings. The number of hydrogen-bond acceptors (Lipinski definition) is 1. The molecule has 1 aromatic rings. The van der Waals surface area contributed by atoms with E-state index in [2.05, 4.69) is 54.9 Å². The lowest BCUT2D eigenvalue weighted by molar-refractivity contribution is 0.532. The van der Waals surface area contributed by atoms with Crippen molar-refractivity contribution in [3.63, 3.8) is 0 Å². The average Bonchev–Trinajstić information content (AvgIpc) is 2.23. The molecule has 0 aliphatic rings. The molecule has 0 saturated carbocycles. The van der Waals surface area contributed by atoms with E-state index < -0.39 is 0 Å². The zero-order chi connectivity index (χ0) is 12.1. The molecule has 0 bridgehead atoms. The van der Waals surface area contributed by atoms with Crippen molar-refractivity contribution in [2.45, 2.75) is 52.0 Å². The van der Waals surface area contributed by atoms with Crippen molar-refractivity contribution in [3.05, 3.63) is 33.8 Å². The number of nitrogens with two attached hydrogens (primary N) is 1. The molecule has 0 spiro atoms. The second-order valence-corrected chi connectivity index (χ2v) is 5.52. The fourth-order valence-corrected chi connectivity index (χ4v) is 2.24. The van der Waals surface area contributed by atoms with Crippen LogP contribution in [0.2, 0.25) is 0 Å². The van der Waals surface area contributed by atoms with Crippen molar-refractivity contribution in [1.29, 1.82) is 0 Å². The van der Waals surface area contributed by atoms with Gasteiger partial charge in [0.2, 0.25) is 0 Å². The molecule has 0 aromatic heterocycles. The van der Waals surface area contributed by atoms with Crippen LogP contribution in [-0.2, 0) is 0 Å². The van der Waals surface area contributed by atoms with E-state index in [-0.39, 0.29) is 0 Å². The molecule has 0 aliphatic heterocycles. The summed E-state index contributed by atoms with van der Waals surface area (Å²) in [5.41, 5.74) is 8.58.